The second kappa shape index (κ2) is 7.62. The Bertz CT molecular complexity index is 1100. The first-order valence-electron chi connectivity index (χ1n) is 9.79. The molecule has 0 saturated carbocycles. The molecule has 1 heterocycles. The summed E-state index contributed by atoms with van der Waals surface area (Å²) in [6.45, 7) is 2.30. The Morgan fingerprint density at radius 3 is 2.76 bits per heavy atom. The number of aromatic nitrogens is 1. The summed E-state index contributed by atoms with van der Waals surface area (Å²) in [6, 6.07) is 14.0. The Morgan fingerprint density at radius 1 is 1.24 bits per heavy atom. The summed E-state index contributed by atoms with van der Waals surface area (Å²) in [5.74, 6) is -1.30. The lowest BCUT2D eigenvalue weighted by Gasteiger charge is -2.22. The average Bonchev–Trinajstić information content (AvgIpc) is 3.01. The van der Waals surface area contributed by atoms with Gasteiger partial charge in [-0.25, -0.2) is 4.79 Å². The van der Waals surface area contributed by atoms with E-state index >= 15 is 0 Å². The van der Waals surface area contributed by atoms with Crippen molar-refractivity contribution in [1.82, 2.24) is 4.57 Å². The van der Waals surface area contributed by atoms with Gasteiger partial charge in [0.15, 0.2) is 6.61 Å². The normalized spacial score (nSPS) is 15.8. The van der Waals surface area contributed by atoms with Crippen LogP contribution in [0, 0.1) is 6.92 Å². The molecule has 1 aliphatic rings. The van der Waals surface area contributed by atoms with Crippen LogP contribution >= 0.6 is 0 Å². The number of aliphatic carboxylic acids is 1. The van der Waals surface area contributed by atoms with Crippen LogP contribution in [-0.4, -0.2) is 28.2 Å². The standard InChI is InChI=1S/C23H24N2O4/c1-14-5-2-6-15(11-14)12-25-17-8-3-7-16(23(24)28)21(17)22-18(25)9-4-10-19(22)29-13-20(26)27/h2,4-6,9-11,16H,3,7-8,12-13H2,1H3,(H2,24,28)(H,26,27). The highest BCUT2D eigenvalue weighted by Crippen LogP contribution is 2.43. The third kappa shape index (κ3) is 3.58. The molecule has 0 saturated heterocycles. The Hall–Kier alpha value is -3.28. The summed E-state index contributed by atoms with van der Waals surface area (Å²) in [5, 5.41) is 9.85. The van der Waals surface area contributed by atoms with E-state index in [1.54, 1.807) is 6.07 Å². The first-order chi connectivity index (χ1) is 14.0. The fraction of sp³-hybridized carbons (Fsp3) is 0.304. The van der Waals surface area contributed by atoms with Crippen LogP contribution in [0.15, 0.2) is 42.5 Å². The van der Waals surface area contributed by atoms with Crippen molar-refractivity contribution in [3.05, 3.63) is 64.8 Å². The minimum Gasteiger partial charge on any atom is -0.481 e. The molecule has 0 spiro atoms. The molecular formula is C23H24N2O4. The van der Waals surface area contributed by atoms with E-state index in [1.807, 2.05) is 18.2 Å². The van der Waals surface area contributed by atoms with Crippen LogP contribution in [0.2, 0.25) is 0 Å². The molecule has 1 aliphatic carbocycles. The van der Waals surface area contributed by atoms with E-state index in [-0.39, 0.29) is 5.91 Å². The summed E-state index contributed by atoms with van der Waals surface area (Å²) < 4.78 is 7.82. The van der Waals surface area contributed by atoms with Crippen molar-refractivity contribution in [3.63, 3.8) is 0 Å². The number of nitrogens with two attached hydrogens (primary N) is 1. The third-order valence-electron chi connectivity index (χ3n) is 5.57. The van der Waals surface area contributed by atoms with Crippen LogP contribution in [0.4, 0.5) is 0 Å². The van der Waals surface area contributed by atoms with Crippen LogP contribution in [-0.2, 0) is 22.6 Å². The zero-order valence-electron chi connectivity index (χ0n) is 16.4. The number of nitrogens with zero attached hydrogens (tertiary/aromatic N) is 1. The minimum absolute atomic E-state index is 0.353. The molecule has 2 aromatic carbocycles. The lowest BCUT2D eigenvalue weighted by molar-refractivity contribution is -0.139. The molecule has 0 radical (unpaired) electrons. The molecule has 1 aromatic heterocycles. The number of benzene rings is 2. The summed E-state index contributed by atoms with van der Waals surface area (Å²) >= 11 is 0. The van der Waals surface area contributed by atoms with Crippen molar-refractivity contribution >= 4 is 22.8 Å². The Labute approximate surface area is 168 Å². The summed E-state index contributed by atoms with van der Waals surface area (Å²) in [7, 11) is 0. The molecule has 0 bridgehead atoms. The number of carboxylic acids is 1. The number of amides is 1. The summed E-state index contributed by atoms with van der Waals surface area (Å²) in [4.78, 5) is 23.3. The largest absolute Gasteiger partial charge is 0.481 e. The number of hydrogen-bond donors (Lipinski definition) is 2. The van der Waals surface area contributed by atoms with Gasteiger partial charge in [0, 0.05) is 17.6 Å². The van der Waals surface area contributed by atoms with Gasteiger partial charge in [0.05, 0.1) is 11.4 Å². The number of carboxylic acid groups (broad SMARTS) is 1. The lowest BCUT2D eigenvalue weighted by atomic mass is 9.84. The maximum atomic E-state index is 12.2. The van der Waals surface area contributed by atoms with Crippen LogP contribution in [0.1, 0.15) is 41.1 Å². The van der Waals surface area contributed by atoms with E-state index in [1.165, 1.54) is 11.1 Å². The lowest BCUT2D eigenvalue weighted by Crippen LogP contribution is -2.25. The fourth-order valence-corrected chi connectivity index (χ4v) is 4.43. The summed E-state index contributed by atoms with van der Waals surface area (Å²) in [6.07, 6.45) is 2.42. The average molecular weight is 392 g/mol. The van der Waals surface area contributed by atoms with Crippen molar-refractivity contribution in [2.24, 2.45) is 5.73 Å². The van der Waals surface area contributed by atoms with Crippen LogP contribution in [0.25, 0.3) is 10.9 Å². The third-order valence-corrected chi connectivity index (χ3v) is 5.57. The number of aryl methyl sites for hydroxylation is 1. The van der Waals surface area contributed by atoms with E-state index in [0.29, 0.717) is 18.7 Å². The van der Waals surface area contributed by atoms with Crippen molar-refractivity contribution < 1.29 is 19.4 Å². The number of rotatable bonds is 6. The second-order valence-electron chi connectivity index (χ2n) is 7.62. The molecule has 150 valence electrons. The van der Waals surface area contributed by atoms with Gasteiger partial charge in [-0.15, -0.1) is 0 Å². The van der Waals surface area contributed by atoms with Gasteiger partial charge in [-0.2, -0.15) is 0 Å². The smallest absolute Gasteiger partial charge is 0.341 e. The summed E-state index contributed by atoms with van der Waals surface area (Å²) in [5.41, 5.74) is 11.0. The Morgan fingerprint density at radius 2 is 2.03 bits per heavy atom. The molecule has 6 nitrogen and oxygen atoms in total. The van der Waals surface area contributed by atoms with Crippen molar-refractivity contribution in [3.8, 4) is 5.75 Å². The van der Waals surface area contributed by atoms with E-state index in [4.69, 9.17) is 15.6 Å². The molecular weight excluding hydrogens is 368 g/mol. The van der Waals surface area contributed by atoms with Gasteiger partial charge >= 0.3 is 5.97 Å². The molecule has 4 rings (SSSR count). The molecule has 1 atom stereocenters. The van der Waals surface area contributed by atoms with Crippen molar-refractivity contribution in [2.75, 3.05) is 6.61 Å². The number of carbonyl (C=O) groups excluding carboxylic acids is 1. The maximum absolute atomic E-state index is 12.2. The van der Waals surface area contributed by atoms with Gasteiger partial charge in [-0.3, -0.25) is 4.79 Å². The first kappa shape index (κ1) is 19.1. The van der Waals surface area contributed by atoms with E-state index < -0.39 is 18.5 Å². The zero-order valence-corrected chi connectivity index (χ0v) is 16.4. The van der Waals surface area contributed by atoms with Crippen molar-refractivity contribution in [1.29, 1.82) is 0 Å². The SMILES string of the molecule is Cc1cccc(Cn2c3c(c4c(OCC(=O)O)cccc42)C(C(N)=O)CCC3)c1. The Kier molecular flexibility index (Phi) is 5.01. The number of ether oxygens (including phenoxy) is 1. The molecule has 1 unspecified atom stereocenters. The maximum Gasteiger partial charge on any atom is 0.341 e. The van der Waals surface area contributed by atoms with Gasteiger partial charge in [0.25, 0.3) is 0 Å². The zero-order chi connectivity index (χ0) is 20.5. The highest BCUT2D eigenvalue weighted by Gasteiger charge is 2.32. The van der Waals surface area contributed by atoms with E-state index in [0.717, 1.165) is 35.0 Å². The first-order valence-corrected chi connectivity index (χ1v) is 9.79. The van der Waals surface area contributed by atoms with Crippen molar-refractivity contribution in [2.45, 2.75) is 38.6 Å². The molecule has 0 aliphatic heterocycles. The molecule has 1 amide bonds. The second-order valence-corrected chi connectivity index (χ2v) is 7.62. The predicted molar refractivity (Wildman–Crippen MR) is 110 cm³/mol. The van der Waals surface area contributed by atoms with Gasteiger partial charge in [0.1, 0.15) is 5.75 Å². The van der Waals surface area contributed by atoms with Crippen LogP contribution < -0.4 is 10.5 Å². The molecule has 3 N–H and O–H groups in total. The highest BCUT2D eigenvalue weighted by atomic mass is 16.5. The number of carbonyl (C=O) groups is 2. The quantitative estimate of drug-likeness (QED) is 0.672. The number of fused-ring (bicyclic) bond motifs is 3. The van der Waals surface area contributed by atoms with Gasteiger partial charge in [0.2, 0.25) is 5.91 Å². The van der Waals surface area contributed by atoms with Crippen LogP contribution in [0.5, 0.6) is 5.75 Å². The van der Waals surface area contributed by atoms with Crippen LogP contribution in [0.3, 0.4) is 0 Å². The molecule has 0 fully saturated rings. The monoisotopic (exact) mass is 392 g/mol. The molecule has 3 aromatic rings. The van der Waals surface area contributed by atoms with E-state index in [9.17, 15) is 9.59 Å². The number of hydrogen-bond acceptors (Lipinski definition) is 3. The highest BCUT2D eigenvalue weighted by molar-refractivity contribution is 5.97. The Balaban J connectivity index is 1.92. The molecule has 29 heavy (non-hydrogen) atoms. The number of primary amides is 1. The fourth-order valence-electron chi connectivity index (χ4n) is 4.43. The van der Waals surface area contributed by atoms with Gasteiger partial charge < -0.3 is 20.1 Å². The van der Waals surface area contributed by atoms with Gasteiger partial charge in [-0.05, 0) is 49.4 Å². The topological polar surface area (TPSA) is 94.6 Å². The molecule has 6 heteroatoms. The van der Waals surface area contributed by atoms with Gasteiger partial charge in [-0.1, -0.05) is 35.9 Å². The minimum atomic E-state index is -1.04. The van der Waals surface area contributed by atoms with E-state index in [2.05, 4.69) is 29.7 Å². The predicted octanol–water partition coefficient (Wildman–Crippen LogP) is 3.37.